The minimum atomic E-state index is 0.0231. The molecular weight excluding hydrogens is 226 g/mol. The molecule has 1 aromatic rings. The number of likely N-dealkylation sites (tertiary alicyclic amines) is 1. The van der Waals surface area contributed by atoms with Gasteiger partial charge in [-0.3, -0.25) is 0 Å². The van der Waals surface area contributed by atoms with E-state index in [1.165, 1.54) is 0 Å². The van der Waals surface area contributed by atoms with Crippen LogP contribution in [0.4, 0.5) is 10.5 Å². The van der Waals surface area contributed by atoms with Crippen LogP contribution in [-0.4, -0.2) is 23.5 Å². The SMILES string of the molecule is CC(C)NC(=O)N1CCCC1c1cccc(N)c1. The number of nitrogens with two attached hydrogens (primary N) is 1. The Balaban J connectivity index is 2.14. The molecule has 18 heavy (non-hydrogen) atoms. The van der Waals surface area contributed by atoms with E-state index < -0.39 is 0 Å². The number of anilines is 1. The number of carbonyl (C=O) groups excluding carboxylic acids is 1. The van der Waals surface area contributed by atoms with Crippen molar-refractivity contribution < 1.29 is 4.79 Å². The number of rotatable bonds is 2. The maximum absolute atomic E-state index is 12.1. The lowest BCUT2D eigenvalue weighted by molar-refractivity contribution is 0.190. The summed E-state index contributed by atoms with van der Waals surface area (Å²) >= 11 is 0. The van der Waals surface area contributed by atoms with Gasteiger partial charge in [0.25, 0.3) is 0 Å². The van der Waals surface area contributed by atoms with Gasteiger partial charge in [0.15, 0.2) is 0 Å². The fourth-order valence-corrected chi connectivity index (χ4v) is 2.45. The third kappa shape index (κ3) is 2.75. The highest BCUT2D eigenvalue weighted by Gasteiger charge is 2.30. The topological polar surface area (TPSA) is 58.4 Å². The molecule has 0 radical (unpaired) electrons. The molecule has 0 aromatic heterocycles. The van der Waals surface area contributed by atoms with Gasteiger partial charge >= 0.3 is 6.03 Å². The van der Waals surface area contributed by atoms with E-state index in [4.69, 9.17) is 5.73 Å². The fraction of sp³-hybridized carbons (Fsp3) is 0.500. The smallest absolute Gasteiger partial charge is 0.318 e. The van der Waals surface area contributed by atoms with Crippen LogP contribution in [0.3, 0.4) is 0 Å². The Bertz CT molecular complexity index is 431. The third-order valence-corrected chi connectivity index (χ3v) is 3.22. The van der Waals surface area contributed by atoms with Crippen molar-refractivity contribution in [2.75, 3.05) is 12.3 Å². The summed E-state index contributed by atoms with van der Waals surface area (Å²) in [7, 11) is 0. The maximum atomic E-state index is 12.1. The number of hydrogen-bond donors (Lipinski definition) is 2. The summed E-state index contributed by atoms with van der Waals surface area (Å²) in [6.45, 7) is 4.77. The maximum Gasteiger partial charge on any atom is 0.318 e. The molecule has 1 fully saturated rings. The molecule has 4 nitrogen and oxygen atoms in total. The summed E-state index contributed by atoms with van der Waals surface area (Å²) in [6.07, 6.45) is 2.06. The zero-order valence-electron chi connectivity index (χ0n) is 11.0. The third-order valence-electron chi connectivity index (χ3n) is 3.22. The summed E-state index contributed by atoms with van der Waals surface area (Å²) in [5.74, 6) is 0. The quantitative estimate of drug-likeness (QED) is 0.789. The first-order chi connectivity index (χ1) is 8.58. The lowest BCUT2D eigenvalue weighted by atomic mass is 10.0. The van der Waals surface area contributed by atoms with Crippen LogP contribution in [0.5, 0.6) is 0 Å². The molecule has 3 N–H and O–H groups in total. The van der Waals surface area contributed by atoms with Gasteiger partial charge < -0.3 is 16.0 Å². The van der Waals surface area contributed by atoms with E-state index in [1.54, 1.807) is 0 Å². The van der Waals surface area contributed by atoms with Gasteiger partial charge in [0.05, 0.1) is 6.04 Å². The number of nitrogens with zero attached hydrogens (tertiary/aromatic N) is 1. The summed E-state index contributed by atoms with van der Waals surface area (Å²) in [6, 6.07) is 8.17. The molecule has 4 heteroatoms. The minimum Gasteiger partial charge on any atom is -0.399 e. The van der Waals surface area contributed by atoms with Gasteiger partial charge in [0.2, 0.25) is 0 Å². The zero-order chi connectivity index (χ0) is 13.1. The monoisotopic (exact) mass is 247 g/mol. The van der Waals surface area contributed by atoms with Crippen LogP contribution < -0.4 is 11.1 Å². The largest absolute Gasteiger partial charge is 0.399 e. The highest BCUT2D eigenvalue weighted by molar-refractivity contribution is 5.75. The number of nitrogen functional groups attached to an aromatic ring is 1. The van der Waals surface area contributed by atoms with E-state index in [-0.39, 0.29) is 18.1 Å². The molecule has 2 amide bonds. The summed E-state index contributed by atoms with van der Waals surface area (Å²) in [5.41, 5.74) is 7.69. The predicted octanol–water partition coefficient (Wildman–Crippen LogP) is 2.52. The fourth-order valence-electron chi connectivity index (χ4n) is 2.45. The summed E-state index contributed by atoms with van der Waals surface area (Å²) < 4.78 is 0. The molecule has 0 bridgehead atoms. The Kier molecular flexibility index (Phi) is 3.75. The highest BCUT2D eigenvalue weighted by atomic mass is 16.2. The minimum absolute atomic E-state index is 0.0231. The number of nitrogens with one attached hydrogen (secondary N) is 1. The molecule has 98 valence electrons. The molecule has 1 atom stereocenters. The van der Waals surface area contributed by atoms with Crippen molar-refractivity contribution in [3.63, 3.8) is 0 Å². The molecule has 0 aliphatic carbocycles. The number of urea groups is 1. The Hall–Kier alpha value is -1.71. The van der Waals surface area contributed by atoms with Crippen molar-refractivity contribution in [3.8, 4) is 0 Å². The summed E-state index contributed by atoms with van der Waals surface area (Å²) in [4.78, 5) is 14.0. The van der Waals surface area contributed by atoms with Crippen molar-refractivity contribution in [1.82, 2.24) is 10.2 Å². The van der Waals surface area contributed by atoms with E-state index in [0.717, 1.165) is 30.6 Å². The van der Waals surface area contributed by atoms with Gasteiger partial charge in [-0.25, -0.2) is 4.79 Å². The number of benzene rings is 1. The van der Waals surface area contributed by atoms with Crippen LogP contribution in [0.25, 0.3) is 0 Å². The molecule has 2 rings (SSSR count). The second-order valence-electron chi connectivity index (χ2n) is 5.13. The Morgan fingerprint density at radius 1 is 1.50 bits per heavy atom. The lowest BCUT2D eigenvalue weighted by Gasteiger charge is -2.26. The molecule has 1 saturated heterocycles. The van der Waals surface area contributed by atoms with Crippen LogP contribution in [0.2, 0.25) is 0 Å². The van der Waals surface area contributed by atoms with Crippen molar-refractivity contribution in [3.05, 3.63) is 29.8 Å². The van der Waals surface area contributed by atoms with Crippen LogP contribution in [-0.2, 0) is 0 Å². The van der Waals surface area contributed by atoms with Gasteiger partial charge in [-0.05, 0) is 44.4 Å². The van der Waals surface area contributed by atoms with Crippen molar-refractivity contribution in [2.24, 2.45) is 0 Å². The van der Waals surface area contributed by atoms with Crippen molar-refractivity contribution in [1.29, 1.82) is 0 Å². The Labute approximate surface area is 108 Å². The highest BCUT2D eigenvalue weighted by Crippen LogP contribution is 2.32. The average molecular weight is 247 g/mol. The lowest BCUT2D eigenvalue weighted by Crippen LogP contribution is -2.42. The molecular formula is C14H21N3O. The van der Waals surface area contributed by atoms with E-state index in [2.05, 4.69) is 5.32 Å². The molecule has 1 aliphatic rings. The normalized spacial score (nSPS) is 19.3. The van der Waals surface area contributed by atoms with Crippen LogP contribution >= 0.6 is 0 Å². The van der Waals surface area contributed by atoms with Gasteiger partial charge in [0, 0.05) is 18.3 Å². The van der Waals surface area contributed by atoms with Gasteiger partial charge in [-0.1, -0.05) is 12.1 Å². The van der Waals surface area contributed by atoms with E-state index in [1.807, 2.05) is 43.0 Å². The molecule has 1 heterocycles. The average Bonchev–Trinajstić information content (AvgIpc) is 2.76. The van der Waals surface area contributed by atoms with E-state index in [9.17, 15) is 4.79 Å². The predicted molar refractivity (Wildman–Crippen MR) is 73.2 cm³/mol. The van der Waals surface area contributed by atoms with Crippen LogP contribution in [0.15, 0.2) is 24.3 Å². The Morgan fingerprint density at radius 3 is 2.94 bits per heavy atom. The number of amides is 2. The zero-order valence-corrected chi connectivity index (χ0v) is 11.0. The van der Waals surface area contributed by atoms with Crippen molar-refractivity contribution in [2.45, 2.75) is 38.8 Å². The standard InChI is InChI=1S/C14H21N3O/c1-10(2)16-14(18)17-8-4-7-13(17)11-5-3-6-12(15)9-11/h3,5-6,9-10,13H,4,7-8,15H2,1-2H3,(H,16,18). The molecule has 0 saturated carbocycles. The van der Waals surface area contributed by atoms with E-state index >= 15 is 0 Å². The first kappa shape index (κ1) is 12.7. The molecule has 0 spiro atoms. The van der Waals surface area contributed by atoms with Gasteiger partial charge in [-0.15, -0.1) is 0 Å². The second kappa shape index (κ2) is 5.29. The Morgan fingerprint density at radius 2 is 2.28 bits per heavy atom. The van der Waals surface area contributed by atoms with Crippen LogP contribution in [0.1, 0.15) is 38.3 Å². The van der Waals surface area contributed by atoms with Crippen molar-refractivity contribution >= 4 is 11.7 Å². The molecule has 1 unspecified atom stereocenters. The molecule has 1 aliphatic heterocycles. The number of carbonyl (C=O) groups is 1. The van der Waals surface area contributed by atoms with Crippen LogP contribution in [0, 0.1) is 0 Å². The first-order valence-corrected chi connectivity index (χ1v) is 6.50. The molecule has 1 aromatic carbocycles. The number of hydrogen-bond acceptors (Lipinski definition) is 2. The summed E-state index contributed by atoms with van der Waals surface area (Å²) in [5, 5.41) is 2.95. The van der Waals surface area contributed by atoms with E-state index in [0.29, 0.717) is 0 Å². The second-order valence-corrected chi connectivity index (χ2v) is 5.13. The van der Waals surface area contributed by atoms with Gasteiger partial charge in [-0.2, -0.15) is 0 Å². The van der Waals surface area contributed by atoms with Gasteiger partial charge in [0.1, 0.15) is 0 Å². The first-order valence-electron chi connectivity index (χ1n) is 6.50.